The molecule has 2 heterocycles. The molecule has 2 N–H and O–H groups in total. The molecule has 0 spiro atoms. The van der Waals surface area contributed by atoms with Gasteiger partial charge in [0.15, 0.2) is 11.0 Å². The van der Waals surface area contributed by atoms with Crippen molar-refractivity contribution in [3.63, 3.8) is 0 Å². The standard InChI is InChI=1S/C17H24N6O2S/c1-4-9-23-16(13-5-7-18-8-6-13)21-22-17(23)26-11-15(25)19-10-14(24)20-12(2)3/h5-8,12H,4,9-11H2,1-3H3,(H,19,25)(H,20,24). The number of hydrogen-bond acceptors (Lipinski definition) is 6. The van der Waals surface area contributed by atoms with E-state index < -0.39 is 0 Å². The van der Waals surface area contributed by atoms with Gasteiger partial charge in [-0.15, -0.1) is 10.2 Å². The zero-order chi connectivity index (χ0) is 18.9. The van der Waals surface area contributed by atoms with Crippen molar-refractivity contribution in [3.8, 4) is 11.4 Å². The van der Waals surface area contributed by atoms with E-state index in [0.29, 0.717) is 5.16 Å². The van der Waals surface area contributed by atoms with Gasteiger partial charge < -0.3 is 15.2 Å². The molecule has 0 fully saturated rings. The van der Waals surface area contributed by atoms with Gasteiger partial charge in [-0.3, -0.25) is 14.6 Å². The molecule has 0 saturated heterocycles. The summed E-state index contributed by atoms with van der Waals surface area (Å²) in [6.45, 7) is 6.55. The monoisotopic (exact) mass is 376 g/mol. The first-order valence-corrected chi connectivity index (χ1v) is 9.52. The van der Waals surface area contributed by atoms with Crippen molar-refractivity contribution in [1.82, 2.24) is 30.4 Å². The Balaban J connectivity index is 1.96. The van der Waals surface area contributed by atoms with E-state index in [4.69, 9.17) is 0 Å². The molecule has 0 aliphatic rings. The zero-order valence-corrected chi connectivity index (χ0v) is 16.0. The lowest BCUT2D eigenvalue weighted by atomic mass is 10.2. The summed E-state index contributed by atoms with van der Waals surface area (Å²) in [4.78, 5) is 27.6. The van der Waals surface area contributed by atoms with Crippen molar-refractivity contribution < 1.29 is 9.59 Å². The summed E-state index contributed by atoms with van der Waals surface area (Å²) in [6.07, 6.45) is 4.34. The van der Waals surface area contributed by atoms with Crippen LogP contribution in [-0.4, -0.2) is 49.9 Å². The summed E-state index contributed by atoms with van der Waals surface area (Å²) >= 11 is 1.31. The molecule has 0 unspecified atom stereocenters. The summed E-state index contributed by atoms with van der Waals surface area (Å²) in [5, 5.41) is 14.5. The summed E-state index contributed by atoms with van der Waals surface area (Å²) in [6, 6.07) is 3.81. The molecule has 0 aliphatic heterocycles. The Bertz CT molecular complexity index is 732. The molecule has 140 valence electrons. The van der Waals surface area contributed by atoms with Crippen LogP contribution in [-0.2, 0) is 16.1 Å². The Morgan fingerprint density at radius 1 is 1.19 bits per heavy atom. The molecule has 8 nitrogen and oxygen atoms in total. The van der Waals surface area contributed by atoms with Gasteiger partial charge in [0.05, 0.1) is 12.3 Å². The maximum absolute atomic E-state index is 12.0. The van der Waals surface area contributed by atoms with E-state index in [-0.39, 0.29) is 30.2 Å². The number of carbonyl (C=O) groups is 2. The summed E-state index contributed by atoms with van der Waals surface area (Å²) in [7, 11) is 0. The minimum absolute atomic E-state index is 0.0263. The van der Waals surface area contributed by atoms with Gasteiger partial charge in [-0.2, -0.15) is 0 Å². The lowest BCUT2D eigenvalue weighted by Crippen LogP contribution is -2.40. The van der Waals surface area contributed by atoms with Crippen molar-refractivity contribution in [3.05, 3.63) is 24.5 Å². The van der Waals surface area contributed by atoms with Crippen LogP contribution >= 0.6 is 11.8 Å². The lowest BCUT2D eigenvalue weighted by Gasteiger charge is -2.10. The van der Waals surface area contributed by atoms with Gasteiger partial charge >= 0.3 is 0 Å². The van der Waals surface area contributed by atoms with E-state index in [2.05, 4.69) is 32.7 Å². The molecule has 0 aromatic carbocycles. The fraction of sp³-hybridized carbons (Fsp3) is 0.471. The molecule has 2 aromatic heterocycles. The van der Waals surface area contributed by atoms with E-state index in [1.807, 2.05) is 30.5 Å². The minimum atomic E-state index is -0.217. The topological polar surface area (TPSA) is 102 Å². The largest absolute Gasteiger partial charge is 0.352 e. The van der Waals surface area contributed by atoms with E-state index >= 15 is 0 Å². The average molecular weight is 376 g/mol. The first-order valence-electron chi connectivity index (χ1n) is 8.53. The van der Waals surface area contributed by atoms with Gasteiger partial charge in [-0.05, 0) is 32.4 Å². The number of thioether (sulfide) groups is 1. The Labute approximate surface area is 157 Å². The number of aromatic nitrogens is 4. The van der Waals surface area contributed by atoms with Gasteiger partial charge in [0.25, 0.3) is 0 Å². The quantitative estimate of drug-likeness (QED) is 0.643. The predicted octanol–water partition coefficient (Wildman–Crippen LogP) is 1.48. The van der Waals surface area contributed by atoms with Gasteiger partial charge in [-0.25, -0.2) is 0 Å². The van der Waals surface area contributed by atoms with Crippen molar-refractivity contribution in [2.24, 2.45) is 0 Å². The second-order valence-electron chi connectivity index (χ2n) is 5.98. The van der Waals surface area contributed by atoms with E-state index in [0.717, 1.165) is 24.4 Å². The van der Waals surface area contributed by atoms with Crippen molar-refractivity contribution in [2.45, 2.75) is 44.9 Å². The highest BCUT2D eigenvalue weighted by Crippen LogP contribution is 2.23. The molecule has 0 bridgehead atoms. The summed E-state index contributed by atoms with van der Waals surface area (Å²) in [5.74, 6) is 0.513. The van der Waals surface area contributed by atoms with Crippen LogP contribution in [0.4, 0.5) is 0 Å². The Kier molecular flexibility index (Phi) is 7.58. The maximum atomic E-state index is 12.0. The van der Waals surface area contributed by atoms with Crippen molar-refractivity contribution >= 4 is 23.6 Å². The molecular weight excluding hydrogens is 352 g/mol. The third-order valence-electron chi connectivity index (χ3n) is 3.33. The van der Waals surface area contributed by atoms with E-state index in [9.17, 15) is 9.59 Å². The zero-order valence-electron chi connectivity index (χ0n) is 15.2. The van der Waals surface area contributed by atoms with E-state index in [1.165, 1.54) is 11.8 Å². The number of amides is 2. The van der Waals surface area contributed by atoms with Gasteiger partial charge in [0.2, 0.25) is 11.8 Å². The number of nitrogens with zero attached hydrogens (tertiary/aromatic N) is 4. The van der Waals surface area contributed by atoms with Crippen LogP contribution < -0.4 is 10.6 Å². The van der Waals surface area contributed by atoms with Crippen LogP contribution in [0.1, 0.15) is 27.2 Å². The maximum Gasteiger partial charge on any atom is 0.239 e. The first kappa shape index (κ1) is 19.9. The van der Waals surface area contributed by atoms with Gasteiger partial charge in [0.1, 0.15) is 0 Å². The Morgan fingerprint density at radius 3 is 2.58 bits per heavy atom. The molecular formula is C17H24N6O2S. The van der Waals surface area contributed by atoms with Crippen molar-refractivity contribution in [1.29, 1.82) is 0 Å². The molecule has 0 radical (unpaired) electrons. The molecule has 0 aliphatic carbocycles. The highest BCUT2D eigenvalue weighted by atomic mass is 32.2. The number of hydrogen-bond donors (Lipinski definition) is 2. The van der Waals surface area contributed by atoms with Crippen LogP contribution in [0.15, 0.2) is 29.7 Å². The molecule has 2 rings (SSSR count). The lowest BCUT2D eigenvalue weighted by molar-refractivity contribution is -0.125. The van der Waals surface area contributed by atoms with Gasteiger partial charge in [-0.1, -0.05) is 18.7 Å². The van der Waals surface area contributed by atoms with Crippen LogP contribution in [0.3, 0.4) is 0 Å². The average Bonchev–Trinajstić information content (AvgIpc) is 3.01. The smallest absolute Gasteiger partial charge is 0.239 e. The fourth-order valence-electron chi connectivity index (χ4n) is 2.27. The Hall–Kier alpha value is -2.42. The number of pyridine rings is 1. The minimum Gasteiger partial charge on any atom is -0.352 e. The number of nitrogens with one attached hydrogen (secondary N) is 2. The molecule has 26 heavy (non-hydrogen) atoms. The fourth-order valence-corrected chi connectivity index (χ4v) is 3.06. The van der Waals surface area contributed by atoms with Crippen LogP contribution in [0.25, 0.3) is 11.4 Å². The summed E-state index contributed by atoms with van der Waals surface area (Å²) < 4.78 is 2.00. The molecule has 2 amide bonds. The SMILES string of the molecule is CCCn1c(SCC(=O)NCC(=O)NC(C)C)nnc1-c1ccncc1. The van der Waals surface area contributed by atoms with Crippen molar-refractivity contribution in [2.75, 3.05) is 12.3 Å². The van der Waals surface area contributed by atoms with Crippen LogP contribution in [0.2, 0.25) is 0 Å². The second-order valence-corrected chi connectivity index (χ2v) is 6.92. The Morgan fingerprint density at radius 2 is 1.92 bits per heavy atom. The molecule has 2 aromatic rings. The van der Waals surface area contributed by atoms with Crippen LogP contribution in [0.5, 0.6) is 0 Å². The third kappa shape index (κ3) is 5.83. The number of carbonyl (C=O) groups excluding carboxylic acids is 2. The normalized spacial score (nSPS) is 10.8. The number of rotatable bonds is 9. The van der Waals surface area contributed by atoms with E-state index in [1.54, 1.807) is 12.4 Å². The molecule has 0 atom stereocenters. The third-order valence-corrected chi connectivity index (χ3v) is 4.30. The summed E-state index contributed by atoms with van der Waals surface area (Å²) in [5.41, 5.74) is 0.933. The highest BCUT2D eigenvalue weighted by molar-refractivity contribution is 7.99. The van der Waals surface area contributed by atoms with Gasteiger partial charge in [0, 0.05) is 30.5 Å². The first-order chi connectivity index (χ1) is 12.5. The highest BCUT2D eigenvalue weighted by Gasteiger charge is 2.15. The van der Waals surface area contributed by atoms with Crippen LogP contribution in [0, 0.1) is 0 Å². The second kappa shape index (κ2) is 9.91. The molecule has 0 saturated carbocycles. The predicted molar refractivity (Wildman–Crippen MR) is 101 cm³/mol. The molecule has 9 heteroatoms.